The Morgan fingerprint density at radius 1 is 1.33 bits per heavy atom. The van der Waals surface area contributed by atoms with E-state index < -0.39 is 12.5 Å². The molecule has 0 aliphatic heterocycles. The molecule has 0 aliphatic rings. The summed E-state index contributed by atoms with van der Waals surface area (Å²) in [7, 11) is -3.65. The zero-order chi connectivity index (χ0) is 13.8. The van der Waals surface area contributed by atoms with Crippen molar-refractivity contribution in [1.82, 2.24) is 0 Å². The van der Waals surface area contributed by atoms with Gasteiger partial charge in [0.1, 0.15) is 5.30 Å². The molecule has 1 aromatic rings. The number of rotatable bonds is 6. The highest BCUT2D eigenvalue weighted by molar-refractivity contribution is 9.10. The highest BCUT2D eigenvalue weighted by atomic mass is 79.9. The average molecular weight is 338 g/mol. The van der Waals surface area contributed by atoms with Gasteiger partial charge in [-0.3, -0.25) is 14.7 Å². The quantitative estimate of drug-likeness (QED) is 0.452. The van der Waals surface area contributed by atoms with Gasteiger partial charge in [-0.05, 0) is 26.0 Å². The first-order chi connectivity index (χ1) is 8.44. The molecule has 1 rings (SSSR count). The number of nitrogens with zero attached hydrogens (tertiary/aromatic N) is 1. The van der Waals surface area contributed by atoms with Crippen LogP contribution < -0.4 is 5.30 Å². The summed E-state index contributed by atoms with van der Waals surface area (Å²) in [6, 6.07) is 4.22. The summed E-state index contributed by atoms with van der Waals surface area (Å²) in [4.78, 5) is 10.4. The lowest BCUT2D eigenvalue weighted by molar-refractivity contribution is -0.383. The molecule has 0 radical (unpaired) electrons. The molecule has 0 spiro atoms. The number of benzene rings is 1. The minimum atomic E-state index is -3.65. The fourth-order valence-electron chi connectivity index (χ4n) is 1.39. The van der Waals surface area contributed by atoms with Gasteiger partial charge in [0.05, 0.1) is 18.1 Å². The largest absolute Gasteiger partial charge is 0.368 e. The molecule has 0 N–H and O–H groups in total. The third-order valence-corrected chi connectivity index (χ3v) is 4.69. The minimum absolute atomic E-state index is 0.0283. The lowest BCUT2D eigenvalue weighted by Crippen LogP contribution is -2.14. The first-order valence-corrected chi connectivity index (χ1v) is 7.61. The standard InChI is InChI=1S/C10H13BrNO5P/c1-3-16-18(15,17-4-2)10-6-5-8(11)7-9(10)12(13)14/h5-7H,3-4H2,1-2H3. The fourth-order valence-corrected chi connectivity index (χ4v) is 3.46. The number of hydrogen-bond donors (Lipinski definition) is 0. The van der Waals surface area contributed by atoms with Crippen LogP contribution in [0.3, 0.4) is 0 Å². The molecule has 0 atom stereocenters. The van der Waals surface area contributed by atoms with Crippen LogP contribution in [0.15, 0.2) is 22.7 Å². The molecule has 0 saturated carbocycles. The minimum Gasteiger partial charge on any atom is -0.305 e. The van der Waals surface area contributed by atoms with Crippen LogP contribution in [0.5, 0.6) is 0 Å². The molecule has 1 aromatic carbocycles. The molecule has 6 nitrogen and oxygen atoms in total. The Kier molecular flexibility index (Phi) is 5.47. The van der Waals surface area contributed by atoms with E-state index in [1.54, 1.807) is 19.9 Å². The fraction of sp³-hybridized carbons (Fsp3) is 0.400. The first kappa shape index (κ1) is 15.3. The third-order valence-electron chi connectivity index (χ3n) is 2.03. The van der Waals surface area contributed by atoms with E-state index in [0.29, 0.717) is 4.47 Å². The molecule has 0 bridgehead atoms. The third kappa shape index (κ3) is 3.38. The van der Waals surface area contributed by atoms with Gasteiger partial charge in [0.25, 0.3) is 5.69 Å². The van der Waals surface area contributed by atoms with Crippen molar-refractivity contribution in [2.45, 2.75) is 13.8 Å². The summed E-state index contributed by atoms with van der Waals surface area (Å²) < 4.78 is 23.2. The maximum Gasteiger partial charge on any atom is 0.368 e. The van der Waals surface area contributed by atoms with Gasteiger partial charge in [-0.1, -0.05) is 15.9 Å². The Morgan fingerprint density at radius 3 is 2.33 bits per heavy atom. The molecule has 0 fully saturated rings. The Balaban J connectivity index is 3.36. The highest BCUT2D eigenvalue weighted by Gasteiger charge is 2.34. The molecule has 0 heterocycles. The molecule has 8 heteroatoms. The van der Waals surface area contributed by atoms with Crippen molar-refractivity contribution >= 4 is 34.5 Å². The monoisotopic (exact) mass is 337 g/mol. The van der Waals surface area contributed by atoms with E-state index in [0.717, 1.165) is 0 Å². The van der Waals surface area contributed by atoms with Crippen molar-refractivity contribution in [3.8, 4) is 0 Å². The van der Waals surface area contributed by atoms with Crippen molar-refractivity contribution in [2.75, 3.05) is 13.2 Å². The van der Waals surface area contributed by atoms with Crippen LogP contribution >= 0.6 is 23.5 Å². The molecule has 18 heavy (non-hydrogen) atoms. The second-order valence-electron chi connectivity index (χ2n) is 3.22. The van der Waals surface area contributed by atoms with E-state index in [1.165, 1.54) is 12.1 Å². The summed E-state index contributed by atoms with van der Waals surface area (Å²) in [5.74, 6) is 0. The van der Waals surface area contributed by atoms with Crippen LogP contribution in [-0.4, -0.2) is 18.1 Å². The summed E-state index contributed by atoms with van der Waals surface area (Å²) >= 11 is 3.13. The predicted octanol–water partition coefficient (Wildman–Crippen LogP) is 3.25. The van der Waals surface area contributed by atoms with Crippen LogP contribution in [0.1, 0.15) is 13.8 Å². The number of hydrogen-bond acceptors (Lipinski definition) is 5. The molecule has 0 aliphatic carbocycles. The van der Waals surface area contributed by atoms with Gasteiger partial charge in [0.15, 0.2) is 0 Å². The van der Waals surface area contributed by atoms with E-state index in [9.17, 15) is 14.7 Å². The van der Waals surface area contributed by atoms with Crippen molar-refractivity contribution in [2.24, 2.45) is 0 Å². The maximum atomic E-state index is 12.5. The molecular formula is C10H13BrNO5P. The van der Waals surface area contributed by atoms with Gasteiger partial charge in [-0.15, -0.1) is 0 Å². The van der Waals surface area contributed by atoms with Crippen molar-refractivity contribution < 1.29 is 18.5 Å². The number of nitro benzene ring substituents is 1. The Bertz CT molecular complexity index is 483. The van der Waals surface area contributed by atoms with Crippen molar-refractivity contribution in [3.63, 3.8) is 0 Å². The van der Waals surface area contributed by atoms with Crippen molar-refractivity contribution in [1.29, 1.82) is 0 Å². The van der Waals surface area contributed by atoms with Gasteiger partial charge < -0.3 is 9.05 Å². The van der Waals surface area contributed by atoms with E-state index in [2.05, 4.69) is 15.9 Å². The molecule has 0 aromatic heterocycles. The topological polar surface area (TPSA) is 78.7 Å². The maximum absolute atomic E-state index is 12.5. The molecule has 0 amide bonds. The normalized spacial score (nSPS) is 11.5. The van der Waals surface area contributed by atoms with Crippen LogP contribution in [0.4, 0.5) is 5.69 Å². The van der Waals surface area contributed by atoms with Gasteiger partial charge in [-0.25, -0.2) is 0 Å². The molecule has 0 unspecified atom stereocenters. The first-order valence-electron chi connectivity index (χ1n) is 5.28. The second kappa shape index (κ2) is 6.43. The van der Waals surface area contributed by atoms with E-state index in [4.69, 9.17) is 9.05 Å². The van der Waals surface area contributed by atoms with Crippen LogP contribution in [0.2, 0.25) is 0 Å². The average Bonchev–Trinajstić information content (AvgIpc) is 2.29. The van der Waals surface area contributed by atoms with E-state index in [-0.39, 0.29) is 24.2 Å². The molecule has 0 saturated heterocycles. The van der Waals surface area contributed by atoms with Gasteiger partial charge in [-0.2, -0.15) is 0 Å². The Labute approximate surface area is 113 Å². The lowest BCUT2D eigenvalue weighted by atomic mass is 10.3. The van der Waals surface area contributed by atoms with E-state index >= 15 is 0 Å². The number of nitro groups is 1. The summed E-state index contributed by atoms with van der Waals surface area (Å²) in [5.41, 5.74) is -0.283. The van der Waals surface area contributed by atoms with Crippen LogP contribution in [0.25, 0.3) is 0 Å². The Hall–Kier alpha value is -0.750. The second-order valence-corrected chi connectivity index (χ2v) is 6.13. The van der Waals surface area contributed by atoms with Crippen LogP contribution in [0, 0.1) is 10.1 Å². The zero-order valence-electron chi connectivity index (χ0n) is 9.96. The Morgan fingerprint density at radius 2 is 1.89 bits per heavy atom. The SMILES string of the molecule is CCOP(=O)(OCC)c1ccc(Br)cc1[N+](=O)[O-]. The van der Waals surface area contributed by atoms with Gasteiger partial charge >= 0.3 is 7.60 Å². The smallest absolute Gasteiger partial charge is 0.305 e. The summed E-state index contributed by atoms with van der Waals surface area (Å²) in [5, 5.41) is 11.0. The lowest BCUT2D eigenvalue weighted by Gasteiger charge is -2.17. The predicted molar refractivity (Wildman–Crippen MR) is 71.3 cm³/mol. The zero-order valence-corrected chi connectivity index (χ0v) is 12.4. The van der Waals surface area contributed by atoms with Crippen molar-refractivity contribution in [3.05, 3.63) is 32.8 Å². The summed E-state index contributed by atoms with van der Waals surface area (Å²) in [6.45, 7) is 3.59. The molecular weight excluding hydrogens is 325 g/mol. The number of halogens is 1. The molecule has 100 valence electrons. The van der Waals surface area contributed by atoms with E-state index in [1.807, 2.05) is 0 Å². The van der Waals surface area contributed by atoms with Crippen LogP contribution in [-0.2, 0) is 13.6 Å². The summed E-state index contributed by atoms with van der Waals surface area (Å²) in [6.07, 6.45) is 0. The van der Waals surface area contributed by atoms with Gasteiger partial charge in [0, 0.05) is 10.5 Å². The highest BCUT2D eigenvalue weighted by Crippen LogP contribution is 2.49. The van der Waals surface area contributed by atoms with Gasteiger partial charge in [0.2, 0.25) is 0 Å².